The Kier molecular flexibility index (Phi) is 5.61. The van der Waals surface area contributed by atoms with Crippen LogP contribution in [0.2, 0.25) is 0 Å². The average Bonchev–Trinajstić information content (AvgIpc) is 2.99. The van der Waals surface area contributed by atoms with E-state index in [4.69, 9.17) is 0 Å². The maximum Gasteiger partial charge on any atom is 0.325 e. The number of nitrogens with zero attached hydrogens (tertiary/aromatic N) is 2. The van der Waals surface area contributed by atoms with Crippen LogP contribution < -0.4 is 5.32 Å². The van der Waals surface area contributed by atoms with Crippen LogP contribution in [0.25, 0.3) is 0 Å². The van der Waals surface area contributed by atoms with Crippen LogP contribution in [-0.4, -0.2) is 47.3 Å². The molecule has 1 aromatic rings. The Balaban J connectivity index is 1.48. The standard InChI is InChI=1S/C23H31N3O3/c1-2-13-23(19-10-4-3-5-11-19)21(28)26(22(29)24-23)16-20(27)25-14-12-17-8-6-7-9-18(17)15-25/h3-5,10-11,17-18H,2,6-9,12-16H2,1H3,(H,24,29)/t17-,18-,23-/m1/s1. The number of carbonyl (C=O) groups excluding carboxylic acids is 3. The van der Waals surface area contributed by atoms with Gasteiger partial charge in [0.25, 0.3) is 5.91 Å². The molecule has 1 saturated carbocycles. The van der Waals surface area contributed by atoms with Crippen LogP contribution in [0, 0.1) is 11.8 Å². The number of urea groups is 1. The number of hydrogen-bond donors (Lipinski definition) is 1. The number of fused-ring (bicyclic) bond motifs is 1. The van der Waals surface area contributed by atoms with Crippen LogP contribution in [0.1, 0.15) is 57.4 Å². The molecule has 2 saturated heterocycles. The summed E-state index contributed by atoms with van der Waals surface area (Å²) in [6, 6.07) is 8.90. The van der Waals surface area contributed by atoms with Gasteiger partial charge in [-0.15, -0.1) is 0 Å². The Hall–Kier alpha value is -2.37. The molecular weight excluding hydrogens is 366 g/mol. The minimum atomic E-state index is -1.07. The molecule has 6 heteroatoms. The Morgan fingerprint density at radius 1 is 1.10 bits per heavy atom. The summed E-state index contributed by atoms with van der Waals surface area (Å²) in [5.74, 6) is 0.891. The summed E-state index contributed by atoms with van der Waals surface area (Å²) in [5.41, 5.74) is -0.290. The minimum absolute atomic E-state index is 0.113. The summed E-state index contributed by atoms with van der Waals surface area (Å²) in [4.78, 5) is 42.0. The van der Waals surface area contributed by atoms with Crippen molar-refractivity contribution in [3.63, 3.8) is 0 Å². The second kappa shape index (κ2) is 8.17. The summed E-state index contributed by atoms with van der Waals surface area (Å²) in [5, 5.41) is 2.90. The van der Waals surface area contributed by atoms with Gasteiger partial charge < -0.3 is 10.2 Å². The van der Waals surface area contributed by atoms with Gasteiger partial charge in [0.2, 0.25) is 5.91 Å². The zero-order chi connectivity index (χ0) is 20.4. The molecule has 4 rings (SSSR count). The second-order valence-corrected chi connectivity index (χ2v) is 8.78. The highest BCUT2D eigenvalue weighted by atomic mass is 16.2. The lowest BCUT2D eigenvalue weighted by Gasteiger charge is -2.41. The van der Waals surface area contributed by atoms with Crippen molar-refractivity contribution in [2.24, 2.45) is 11.8 Å². The summed E-state index contributed by atoms with van der Waals surface area (Å²) in [7, 11) is 0. The van der Waals surface area contributed by atoms with Gasteiger partial charge in [-0.1, -0.05) is 62.9 Å². The molecule has 1 aliphatic carbocycles. The van der Waals surface area contributed by atoms with Gasteiger partial charge in [0.05, 0.1) is 0 Å². The van der Waals surface area contributed by atoms with Crippen LogP contribution in [0.4, 0.5) is 4.79 Å². The molecule has 3 aliphatic rings. The highest BCUT2D eigenvalue weighted by molar-refractivity contribution is 6.09. The van der Waals surface area contributed by atoms with E-state index in [2.05, 4.69) is 5.32 Å². The van der Waals surface area contributed by atoms with E-state index in [1.165, 1.54) is 25.7 Å². The minimum Gasteiger partial charge on any atom is -0.341 e. The fourth-order valence-corrected chi connectivity index (χ4v) is 5.44. The number of nitrogens with one attached hydrogen (secondary N) is 1. The first-order valence-corrected chi connectivity index (χ1v) is 11.0. The first-order chi connectivity index (χ1) is 14.0. The molecule has 0 bridgehead atoms. The lowest BCUT2D eigenvalue weighted by Crippen LogP contribution is -2.49. The van der Waals surface area contributed by atoms with E-state index in [0.29, 0.717) is 12.3 Å². The predicted octanol–water partition coefficient (Wildman–Crippen LogP) is 3.27. The number of carbonyl (C=O) groups is 3. The fourth-order valence-electron chi connectivity index (χ4n) is 5.44. The van der Waals surface area contributed by atoms with Gasteiger partial charge in [0.15, 0.2) is 0 Å². The summed E-state index contributed by atoms with van der Waals surface area (Å²) in [6.45, 7) is 3.33. The number of rotatable bonds is 5. The molecule has 0 unspecified atom stereocenters. The summed E-state index contributed by atoms with van der Waals surface area (Å²) >= 11 is 0. The average molecular weight is 398 g/mol. The fraction of sp³-hybridized carbons (Fsp3) is 0.609. The van der Waals surface area contributed by atoms with Crippen molar-refractivity contribution in [3.05, 3.63) is 35.9 Å². The van der Waals surface area contributed by atoms with Gasteiger partial charge in [-0.05, 0) is 36.7 Å². The highest BCUT2D eigenvalue weighted by Crippen LogP contribution is 2.37. The molecule has 0 spiro atoms. The molecule has 156 valence electrons. The maximum absolute atomic E-state index is 13.3. The molecule has 6 nitrogen and oxygen atoms in total. The largest absolute Gasteiger partial charge is 0.341 e. The monoisotopic (exact) mass is 397 g/mol. The van der Waals surface area contributed by atoms with E-state index in [9.17, 15) is 14.4 Å². The molecule has 29 heavy (non-hydrogen) atoms. The zero-order valence-electron chi connectivity index (χ0n) is 17.2. The summed E-state index contributed by atoms with van der Waals surface area (Å²) in [6.07, 6.45) is 7.31. The van der Waals surface area contributed by atoms with Gasteiger partial charge in [0.1, 0.15) is 12.1 Å². The number of likely N-dealkylation sites (tertiary alicyclic amines) is 1. The number of piperidine rings is 1. The van der Waals surface area contributed by atoms with Gasteiger partial charge >= 0.3 is 6.03 Å². The smallest absolute Gasteiger partial charge is 0.325 e. The molecular formula is C23H31N3O3. The quantitative estimate of drug-likeness (QED) is 0.775. The SMILES string of the molecule is CCC[C@]1(c2ccccc2)NC(=O)N(CC(=O)N2CC[C@H]3CCCC[C@@H]3C2)C1=O. The van der Waals surface area contributed by atoms with E-state index in [0.717, 1.165) is 42.3 Å². The molecule has 2 aliphatic heterocycles. The van der Waals surface area contributed by atoms with Crippen molar-refractivity contribution in [2.75, 3.05) is 19.6 Å². The third kappa shape index (κ3) is 3.65. The number of amides is 4. The molecule has 0 aromatic heterocycles. The van der Waals surface area contributed by atoms with Crippen molar-refractivity contribution >= 4 is 17.8 Å². The van der Waals surface area contributed by atoms with Crippen molar-refractivity contribution < 1.29 is 14.4 Å². The van der Waals surface area contributed by atoms with E-state index in [1.54, 1.807) is 0 Å². The van der Waals surface area contributed by atoms with E-state index >= 15 is 0 Å². The van der Waals surface area contributed by atoms with Crippen LogP contribution in [0.5, 0.6) is 0 Å². The molecule has 3 fully saturated rings. The van der Waals surface area contributed by atoms with Crippen molar-refractivity contribution in [2.45, 2.75) is 57.4 Å². The summed E-state index contributed by atoms with van der Waals surface area (Å²) < 4.78 is 0. The van der Waals surface area contributed by atoms with Gasteiger partial charge in [-0.25, -0.2) is 4.79 Å². The molecule has 3 atom stereocenters. The Morgan fingerprint density at radius 3 is 2.55 bits per heavy atom. The topological polar surface area (TPSA) is 69.7 Å². The number of hydrogen-bond acceptors (Lipinski definition) is 3. The lowest BCUT2D eigenvalue weighted by atomic mass is 9.75. The first kappa shape index (κ1) is 19.9. The van der Waals surface area contributed by atoms with E-state index in [1.807, 2.05) is 42.2 Å². The van der Waals surface area contributed by atoms with Crippen molar-refractivity contribution in [1.82, 2.24) is 15.1 Å². The van der Waals surface area contributed by atoms with Crippen LogP contribution >= 0.6 is 0 Å². The molecule has 0 radical (unpaired) electrons. The second-order valence-electron chi connectivity index (χ2n) is 8.78. The van der Waals surface area contributed by atoms with Gasteiger partial charge in [-0.3, -0.25) is 14.5 Å². The van der Waals surface area contributed by atoms with Crippen molar-refractivity contribution in [3.8, 4) is 0 Å². The van der Waals surface area contributed by atoms with Gasteiger partial charge in [-0.2, -0.15) is 0 Å². The first-order valence-electron chi connectivity index (χ1n) is 11.0. The van der Waals surface area contributed by atoms with Gasteiger partial charge in [0, 0.05) is 13.1 Å². The number of benzene rings is 1. The normalized spacial score (nSPS) is 29.6. The Labute approximate surface area is 172 Å². The molecule has 1 aromatic carbocycles. The van der Waals surface area contributed by atoms with Crippen molar-refractivity contribution in [1.29, 1.82) is 0 Å². The van der Waals surface area contributed by atoms with Crippen LogP contribution in [0.15, 0.2) is 30.3 Å². The maximum atomic E-state index is 13.3. The van der Waals surface area contributed by atoms with E-state index in [-0.39, 0.29) is 18.4 Å². The Morgan fingerprint density at radius 2 is 1.83 bits per heavy atom. The predicted molar refractivity (Wildman–Crippen MR) is 110 cm³/mol. The zero-order valence-corrected chi connectivity index (χ0v) is 17.2. The van der Waals surface area contributed by atoms with E-state index < -0.39 is 11.6 Å². The third-order valence-corrected chi connectivity index (χ3v) is 7.00. The molecule has 2 heterocycles. The molecule has 4 amide bonds. The lowest BCUT2D eigenvalue weighted by molar-refractivity contribution is -0.141. The number of imide groups is 1. The third-order valence-electron chi connectivity index (χ3n) is 7.00. The van der Waals surface area contributed by atoms with Crippen LogP contribution in [0.3, 0.4) is 0 Å². The highest BCUT2D eigenvalue weighted by Gasteiger charge is 2.52. The molecule has 1 N–H and O–H groups in total. The van der Waals surface area contributed by atoms with Crippen LogP contribution in [-0.2, 0) is 15.1 Å². The Bertz CT molecular complexity index is 781.